The SMILES string of the molecule is Cc1sc2[nH]c(=O)n(Cc3cccc(F)c3)c(=O)c2c1-c1ccc(Br)cc1. The van der Waals surface area contributed by atoms with Crippen molar-refractivity contribution in [3.8, 4) is 11.1 Å². The van der Waals surface area contributed by atoms with Gasteiger partial charge in [-0.05, 0) is 42.3 Å². The Balaban J connectivity index is 1.94. The third-order valence-electron chi connectivity index (χ3n) is 4.37. The number of benzene rings is 2. The van der Waals surface area contributed by atoms with E-state index in [1.807, 2.05) is 31.2 Å². The number of fused-ring (bicyclic) bond motifs is 1. The number of H-pyrrole nitrogens is 1. The van der Waals surface area contributed by atoms with Crippen molar-refractivity contribution in [2.24, 2.45) is 0 Å². The van der Waals surface area contributed by atoms with E-state index in [1.165, 1.54) is 23.5 Å². The van der Waals surface area contributed by atoms with Crippen LogP contribution in [-0.4, -0.2) is 9.55 Å². The van der Waals surface area contributed by atoms with E-state index < -0.39 is 11.5 Å². The normalized spacial score (nSPS) is 11.2. The molecule has 0 radical (unpaired) electrons. The van der Waals surface area contributed by atoms with Crippen LogP contribution in [0.5, 0.6) is 0 Å². The highest BCUT2D eigenvalue weighted by atomic mass is 79.9. The maximum absolute atomic E-state index is 13.5. The van der Waals surface area contributed by atoms with Crippen molar-refractivity contribution >= 4 is 37.5 Å². The number of aryl methyl sites for hydroxylation is 1. The molecule has 0 fully saturated rings. The zero-order valence-electron chi connectivity index (χ0n) is 14.3. The van der Waals surface area contributed by atoms with E-state index in [1.54, 1.807) is 12.1 Å². The molecule has 0 atom stereocenters. The van der Waals surface area contributed by atoms with Crippen LogP contribution in [0.2, 0.25) is 0 Å². The van der Waals surface area contributed by atoms with Gasteiger partial charge in [-0.1, -0.05) is 40.2 Å². The molecule has 0 bridgehead atoms. The monoisotopic (exact) mass is 444 g/mol. The zero-order chi connectivity index (χ0) is 19.1. The molecule has 4 nitrogen and oxygen atoms in total. The lowest BCUT2D eigenvalue weighted by molar-refractivity contribution is 0.621. The first-order valence-electron chi connectivity index (χ1n) is 8.20. The van der Waals surface area contributed by atoms with Crippen molar-refractivity contribution in [2.45, 2.75) is 13.5 Å². The first kappa shape index (κ1) is 17.9. The maximum Gasteiger partial charge on any atom is 0.329 e. The lowest BCUT2D eigenvalue weighted by Gasteiger charge is -2.07. The van der Waals surface area contributed by atoms with Gasteiger partial charge in [-0.15, -0.1) is 11.3 Å². The highest BCUT2D eigenvalue weighted by Crippen LogP contribution is 2.35. The van der Waals surface area contributed by atoms with Gasteiger partial charge < -0.3 is 0 Å². The molecule has 2 aromatic heterocycles. The molecule has 0 unspecified atom stereocenters. The summed E-state index contributed by atoms with van der Waals surface area (Å²) in [6.07, 6.45) is 0. The fourth-order valence-electron chi connectivity index (χ4n) is 3.15. The van der Waals surface area contributed by atoms with Gasteiger partial charge in [-0.25, -0.2) is 9.18 Å². The standard InChI is InChI=1S/C20H14BrFN2O2S/c1-11-16(13-5-7-14(21)8-6-13)17-18(27-11)23-20(26)24(19(17)25)10-12-3-2-4-15(22)9-12/h2-9H,10H2,1H3,(H,23,26). The largest absolute Gasteiger partial charge is 0.329 e. The molecule has 2 heterocycles. The molecule has 1 N–H and O–H groups in total. The van der Waals surface area contributed by atoms with Crippen LogP contribution in [0, 0.1) is 12.7 Å². The van der Waals surface area contributed by atoms with Crippen LogP contribution in [0.4, 0.5) is 4.39 Å². The van der Waals surface area contributed by atoms with Crippen LogP contribution in [0.3, 0.4) is 0 Å². The predicted molar refractivity (Wildman–Crippen MR) is 110 cm³/mol. The molecule has 0 saturated carbocycles. The van der Waals surface area contributed by atoms with E-state index in [4.69, 9.17) is 0 Å². The Morgan fingerprint density at radius 3 is 2.59 bits per heavy atom. The molecule has 27 heavy (non-hydrogen) atoms. The fraction of sp³-hybridized carbons (Fsp3) is 0.100. The van der Waals surface area contributed by atoms with Crippen molar-refractivity contribution in [3.63, 3.8) is 0 Å². The molecule has 0 spiro atoms. The summed E-state index contributed by atoms with van der Waals surface area (Å²) in [5, 5.41) is 0.482. The summed E-state index contributed by atoms with van der Waals surface area (Å²) in [5.74, 6) is -0.403. The number of hydrogen-bond donors (Lipinski definition) is 1. The van der Waals surface area contributed by atoms with Crippen molar-refractivity contribution in [1.29, 1.82) is 0 Å². The van der Waals surface area contributed by atoms with E-state index in [2.05, 4.69) is 20.9 Å². The Bertz CT molecular complexity index is 1270. The minimum absolute atomic E-state index is 0.0105. The van der Waals surface area contributed by atoms with Crippen LogP contribution in [0.1, 0.15) is 10.4 Å². The molecule has 0 aliphatic rings. The summed E-state index contributed by atoms with van der Waals surface area (Å²) in [6, 6.07) is 13.6. The topological polar surface area (TPSA) is 54.9 Å². The Hall–Kier alpha value is -2.51. The summed E-state index contributed by atoms with van der Waals surface area (Å²) in [4.78, 5) is 29.9. The molecule has 136 valence electrons. The average molecular weight is 445 g/mol. The van der Waals surface area contributed by atoms with E-state index in [0.717, 1.165) is 25.0 Å². The van der Waals surface area contributed by atoms with Gasteiger partial charge in [0.15, 0.2) is 0 Å². The first-order valence-corrected chi connectivity index (χ1v) is 9.81. The highest BCUT2D eigenvalue weighted by molar-refractivity contribution is 9.10. The zero-order valence-corrected chi connectivity index (χ0v) is 16.7. The molecule has 0 saturated heterocycles. The third-order valence-corrected chi connectivity index (χ3v) is 5.92. The molecular weight excluding hydrogens is 431 g/mol. The number of nitrogens with zero attached hydrogens (tertiary/aromatic N) is 1. The molecule has 4 rings (SSSR count). The van der Waals surface area contributed by atoms with Crippen molar-refractivity contribution < 1.29 is 4.39 Å². The van der Waals surface area contributed by atoms with E-state index in [9.17, 15) is 14.0 Å². The summed E-state index contributed by atoms with van der Waals surface area (Å²) in [5.41, 5.74) is 1.40. The van der Waals surface area contributed by atoms with Crippen molar-refractivity contribution in [2.75, 3.05) is 0 Å². The quantitative estimate of drug-likeness (QED) is 0.498. The van der Waals surface area contributed by atoms with Crippen molar-refractivity contribution in [1.82, 2.24) is 9.55 Å². The minimum atomic E-state index is -0.500. The van der Waals surface area contributed by atoms with Gasteiger partial charge in [-0.3, -0.25) is 14.3 Å². The second-order valence-corrected chi connectivity index (χ2v) is 8.34. The number of rotatable bonds is 3. The fourth-order valence-corrected chi connectivity index (χ4v) is 4.48. The van der Waals surface area contributed by atoms with Gasteiger partial charge >= 0.3 is 5.69 Å². The molecular formula is C20H14BrFN2O2S. The Labute approximate surface area is 166 Å². The lowest BCUT2D eigenvalue weighted by atomic mass is 10.0. The van der Waals surface area contributed by atoms with Crippen LogP contribution in [-0.2, 0) is 6.54 Å². The third kappa shape index (κ3) is 3.28. The molecule has 0 aliphatic heterocycles. The Morgan fingerprint density at radius 1 is 1.15 bits per heavy atom. The molecule has 4 aromatic rings. The Kier molecular flexibility index (Phi) is 4.57. The second kappa shape index (κ2) is 6.90. The molecule has 7 heteroatoms. The summed E-state index contributed by atoms with van der Waals surface area (Å²) < 4.78 is 15.5. The van der Waals surface area contributed by atoms with Gasteiger partial charge in [0.2, 0.25) is 0 Å². The molecule has 0 aliphatic carbocycles. The van der Waals surface area contributed by atoms with Gasteiger partial charge in [0.25, 0.3) is 5.56 Å². The number of thiophene rings is 1. The summed E-state index contributed by atoms with van der Waals surface area (Å²) in [6.45, 7) is 1.94. The number of nitrogens with one attached hydrogen (secondary N) is 1. The van der Waals surface area contributed by atoms with Crippen LogP contribution in [0.25, 0.3) is 21.3 Å². The van der Waals surface area contributed by atoms with Crippen LogP contribution >= 0.6 is 27.3 Å². The maximum atomic E-state index is 13.5. The van der Waals surface area contributed by atoms with Gasteiger partial charge in [-0.2, -0.15) is 0 Å². The molecule has 0 amide bonds. The van der Waals surface area contributed by atoms with E-state index in [-0.39, 0.29) is 12.1 Å². The number of aromatic nitrogens is 2. The molecule has 2 aromatic carbocycles. The lowest BCUT2D eigenvalue weighted by Crippen LogP contribution is -2.35. The summed E-state index contributed by atoms with van der Waals surface area (Å²) >= 11 is 4.80. The number of halogens is 2. The van der Waals surface area contributed by atoms with Crippen LogP contribution in [0.15, 0.2) is 62.6 Å². The van der Waals surface area contributed by atoms with Gasteiger partial charge in [0.1, 0.15) is 10.6 Å². The van der Waals surface area contributed by atoms with Crippen molar-refractivity contribution in [3.05, 3.63) is 90.1 Å². The number of aromatic amines is 1. The van der Waals surface area contributed by atoms with E-state index >= 15 is 0 Å². The minimum Gasteiger partial charge on any atom is -0.298 e. The van der Waals surface area contributed by atoms with Gasteiger partial charge in [0.05, 0.1) is 11.9 Å². The number of hydrogen-bond acceptors (Lipinski definition) is 3. The highest BCUT2D eigenvalue weighted by Gasteiger charge is 2.18. The smallest absolute Gasteiger partial charge is 0.298 e. The average Bonchev–Trinajstić information content (AvgIpc) is 2.95. The van der Waals surface area contributed by atoms with Crippen LogP contribution < -0.4 is 11.2 Å². The Morgan fingerprint density at radius 2 is 1.89 bits per heavy atom. The summed E-state index contributed by atoms with van der Waals surface area (Å²) in [7, 11) is 0. The second-order valence-electron chi connectivity index (χ2n) is 6.20. The van der Waals surface area contributed by atoms with Gasteiger partial charge in [0, 0.05) is 14.9 Å². The first-order chi connectivity index (χ1) is 12.9. The predicted octanol–water partition coefficient (Wildman–Crippen LogP) is 4.68. The van der Waals surface area contributed by atoms with E-state index in [0.29, 0.717) is 15.8 Å².